The van der Waals surface area contributed by atoms with Gasteiger partial charge in [0, 0.05) is 11.0 Å². The van der Waals surface area contributed by atoms with Crippen LogP contribution in [0.15, 0.2) is 82.2 Å². The Bertz CT molecular complexity index is 1200. The van der Waals surface area contributed by atoms with E-state index in [0.29, 0.717) is 18.7 Å². The summed E-state index contributed by atoms with van der Waals surface area (Å²) in [5, 5.41) is 2.84. The monoisotopic (exact) mass is 530 g/mol. The van der Waals surface area contributed by atoms with Crippen molar-refractivity contribution < 1.29 is 17.9 Å². The molecule has 174 valence electrons. The number of benzene rings is 3. The Hall–Kier alpha value is -2.84. The highest BCUT2D eigenvalue weighted by atomic mass is 79.9. The van der Waals surface area contributed by atoms with Crippen LogP contribution in [0.5, 0.6) is 5.75 Å². The quantitative estimate of drug-likeness (QED) is 0.385. The molecule has 0 spiro atoms. The molecule has 3 aromatic rings. The van der Waals surface area contributed by atoms with E-state index in [1.165, 1.54) is 0 Å². The molecule has 0 aliphatic carbocycles. The number of ether oxygens (including phenoxy) is 1. The zero-order valence-electron chi connectivity index (χ0n) is 18.6. The maximum Gasteiger partial charge on any atom is 0.264 e. The zero-order valence-corrected chi connectivity index (χ0v) is 21.0. The van der Waals surface area contributed by atoms with Crippen molar-refractivity contribution >= 4 is 37.5 Å². The van der Waals surface area contributed by atoms with Crippen LogP contribution in [-0.4, -0.2) is 34.5 Å². The largest absolute Gasteiger partial charge is 0.496 e. The number of methoxy groups -OCH3 is 1. The van der Waals surface area contributed by atoms with E-state index in [1.54, 1.807) is 55.6 Å². The minimum absolute atomic E-state index is 0.136. The smallest absolute Gasteiger partial charge is 0.264 e. The summed E-state index contributed by atoms with van der Waals surface area (Å²) in [6.45, 7) is 2.00. The van der Waals surface area contributed by atoms with Crippen LogP contribution in [0, 0.1) is 6.92 Å². The number of rotatable bonds is 10. The van der Waals surface area contributed by atoms with Gasteiger partial charge in [-0.2, -0.15) is 0 Å². The molecule has 0 aliphatic heterocycles. The van der Waals surface area contributed by atoms with E-state index >= 15 is 0 Å². The molecule has 0 atom stereocenters. The summed E-state index contributed by atoms with van der Waals surface area (Å²) < 4.78 is 34.0. The van der Waals surface area contributed by atoms with E-state index < -0.39 is 10.0 Å². The van der Waals surface area contributed by atoms with Gasteiger partial charge in [-0.15, -0.1) is 0 Å². The van der Waals surface area contributed by atoms with Crippen molar-refractivity contribution in [3.63, 3.8) is 0 Å². The number of para-hydroxylation sites is 1. The number of halogens is 1. The highest BCUT2D eigenvalue weighted by Crippen LogP contribution is 2.26. The van der Waals surface area contributed by atoms with Gasteiger partial charge in [-0.3, -0.25) is 9.10 Å². The molecule has 0 fully saturated rings. The van der Waals surface area contributed by atoms with Crippen LogP contribution in [0.25, 0.3) is 0 Å². The third kappa shape index (κ3) is 6.58. The molecule has 0 saturated carbocycles. The minimum Gasteiger partial charge on any atom is -0.496 e. The molecule has 0 aliphatic rings. The molecule has 3 aromatic carbocycles. The molecule has 0 unspecified atom stereocenters. The van der Waals surface area contributed by atoms with Gasteiger partial charge in [0.15, 0.2) is 0 Å². The predicted molar refractivity (Wildman–Crippen MR) is 134 cm³/mol. The number of hydrogen-bond acceptors (Lipinski definition) is 4. The third-order valence-corrected chi connectivity index (χ3v) is 7.41. The molecule has 3 rings (SSSR count). The Morgan fingerprint density at radius 3 is 2.45 bits per heavy atom. The van der Waals surface area contributed by atoms with Crippen LogP contribution in [0.4, 0.5) is 5.69 Å². The number of sulfonamides is 1. The molecule has 33 heavy (non-hydrogen) atoms. The number of carbonyl (C=O) groups is 1. The van der Waals surface area contributed by atoms with Crippen molar-refractivity contribution in [2.45, 2.75) is 24.7 Å². The van der Waals surface area contributed by atoms with Crippen molar-refractivity contribution in [3.05, 3.63) is 88.4 Å². The van der Waals surface area contributed by atoms with Gasteiger partial charge in [-0.1, -0.05) is 57.9 Å². The topological polar surface area (TPSA) is 75.7 Å². The molecule has 0 heterocycles. The summed E-state index contributed by atoms with van der Waals surface area (Å²) in [7, 11) is -2.30. The first-order chi connectivity index (χ1) is 15.8. The van der Waals surface area contributed by atoms with Crippen molar-refractivity contribution in [3.8, 4) is 5.75 Å². The van der Waals surface area contributed by atoms with E-state index in [4.69, 9.17) is 4.74 Å². The van der Waals surface area contributed by atoms with Crippen molar-refractivity contribution in [1.82, 2.24) is 5.32 Å². The average Bonchev–Trinajstić information content (AvgIpc) is 2.80. The fraction of sp³-hybridized carbons (Fsp3) is 0.240. The second-order valence-electron chi connectivity index (χ2n) is 7.57. The van der Waals surface area contributed by atoms with E-state index in [1.807, 2.05) is 31.2 Å². The molecular formula is C25H27BrN2O4S. The van der Waals surface area contributed by atoms with Crippen LogP contribution >= 0.6 is 15.9 Å². The lowest BCUT2D eigenvalue weighted by Crippen LogP contribution is -2.41. The van der Waals surface area contributed by atoms with E-state index in [0.717, 1.165) is 32.1 Å². The van der Waals surface area contributed by atoms with Crippen LogP contribution in [0.1, 0.15) is 17.5 Å². The van der Waals surface area contributed by atoms with Gasteiger partial charge in [0.2, 0.25) is 5.91 Å². The van der Waals surface area contributed by atoms with E-state index in [-0.39, 0.29) is 17.3 Å². The lowest BCUT2D eigenvalue weighted by molar-refractivity contribution is -0.119. The normalized spacial score (nSPS) is 11.1. The standard InChI is InChI=1S/C25H27BrN2O4S/c1-19-12-14-23(15-13-19)33(30,31)28(22-10-5-9-21(26)17-22)18-25(29)27-16-6-8-20-7-3-4-11-24(20)32-2/h3-5,7,9-15,17H,6,8,16,18H2,1-2H3,(H,27,29). The number of hydrogen-bond donors (Lipinski definition) is 1. The summed E-state index contributed by atoms with van der Waals surface area (Å²) in [6.07, 6.45) is 1.44. The molecule has 0 aromatic heterocycles. The van der Waals surface area contributed by atoms with Gasteiger partial charge in [0.05, 0.1) is 17.7 Å². The summed E-state index contributed by atoms with van der Waals surface area (Å²) in [6, 6.07) is 21.2. The first-order valence-electron chi connectivity index (χ1n) is 10.5. The molecule has 0 saturated heterocycles. The number of aryl methyl sites for hydroxylation is 2. The maximum absolute atomic E-state index is 13.4. The SMILES string of the molecule is COc1ccccc1CCCNC(=O)CN(c1cccc(Br)c1)S(=O)(=O)c1ccc(C)cc1. The van der Waals surface area contributed by atoms with Gasteiger partial charge in [0.1, 0.15) is 12.3 Å². The summed E-state index contributed by atoms with van der Waals surface area (Å²) in [4.78, 5) is 12.9. The fourth-order valence-corrected chi connectivity index (χ4v) is 5.19. The number of anilines is 1. The van der Waals surface area contributed by atoms with Gasteiger partial charge in [0.25, 0.3) is 10.0 Å². The number of nitrogens with one attached hydrogen (secondary N) is 1. The Kier molecular flexibility index (Phi) is 8.52. The summed E-state index contributed by atoms with van der Waals surface area (Å²) in [5.41, 5.74) is 2.43. The highest BCUT2D eigenvalue weighted by Gasteiger charge is 2.27. The van der Waals surface area contributed by atoms with Crippen molar-refractivity contribution in [1.29, 1.82) is 0 Å². The molecule has 6 nitrogen and oxygen atoms in total. The lowest BCUT2D eigenvalue weighted by Gasteiger charge is -2.24. The second kappa shape index (κ2) is 11.3. The van der Waals surface area contributed by atoms with Crippen molar-refractivity contribution in [2.75, 3.05) is 24.5 Å². The van der Waals surface area contributed by atoms with Crippen LogP contribution in [0.2, 0.25) is 0 Å². The predicted octanol–water partition coefficient (Wildman–Crippen LogP) is 4.71. The minimum atomic E-state index is -3.93. The molecular weight excluding hydrogens is 504 g/mol. The summed E-state index contributed by atoms with van der Waals surface area (Å²) in [5.74, 6) is 0.444. The molecule has 0 radical (unpaired) electrons. The lowest BCUT2D eigenvalue weighted by atomic mass is 10.1. The third-order valence-electron chi connectivity index (χ3n) is 5.13. The second-order valence-corrected chi connectivity index (χ2v) is 10.3. The van der Waals surface area contributed by atoms with E-state index in [2.05, 4.69) is 21.2 Å². The van der Waals surface area contributed by atoms with Gasteiger partial charge in [-0.05, 0) is 61.7 Å². The Morgan fingerprint density at radius 1 is 1.03 bits per heavy atom. The van der Waals surface area contributed by atoms with Crippen LogP contribution < -0.4 is 14.4 Å². The number of amides is 1. The van der Waals surface area contributed by atoms with E-state index in [9.17, 15) is 13.2 Å². The van der Waals surface area contributed by atoms with Gasteiger partial charge >= 0.3 is 0 Å². The summed E-state index contributed by atoms with van der Waals surface area (Å²) >= 11 is 3.38. The molecule has 8 heteroatoms. The Labute approximate surface area is 203 Å². The molecule has 0 bridgehead atoms. The Morgan fingerprint density at radius 2 is 1.76 bits per heavy atom. The fourth-order valence-electron chi connectivity index (χ4n) is 3.39. The van der Waals surface area contributed by atoms with Crippen LogP contribution in [-0.2, 0) is 21.2 Å². The first kappa shape index (κ1) is 24.8. The van der Waals surface area contributed by atoms with Gasteiger partial charge < -0.3 is 10.1 Å². The molecule has 1 N–H and O–H groups in total. The zero-order chi connectivity index (χ0) is 23.8. The Balaban J connectivity index is 1.71. The van der Waals surface area contributed by atoms with Crippen LogP contribution in [0.3, 0.4) is 0 Å². The van der Waals surface area contributed by atoms with Crippen molar-refractivity contribution in [2.24, 2.45) is 0 Å². The highest BCUT2D eigenvalue weighted by molar-refractivity contribution is 9.10. The number of carbonyl (C=O) groups excluding carboxylic acids is 1. The first-order valence-corrected chi connectivity index (χ1v) is 12.8. The average molecular weight is 531 g/mol. The van der Waals surface area contributed by atoms with Gasteiger partial charge in [-0.25, -0.2) is 8.42 Å². The number of nitrogens with zero attached hydrogens (tertiary/aromatic N) is 1. The maximum atomic E-state index is 13.4. The molecule has 1 amide bonds.